The molecule has 0 aromatic heterocycles. The molecule has 6 nitrogen and oxygen atoms in total. The Morgan fingerprint density at radius 3 is 1.12 bits per heavy atom. The van der Waals surface area contributed by atoms with Crippen LogP contribution in [0.1, 0.15) is 200 Å². The molecule has 1 atom stereocenters. The Bertz CT molecular complexity index is 647. The quantitative estimate of drug-likeness (QED) is 0.0451. The summed E-state index contributed by atoms with van der Waals surface area (Å²) in [6, 6.07) is 0. The molecule has 0 aromatic rings. The van der Waals surface area contributed by atoms with Gasteiger partial charge in [-0.1, -0.05) is 181 Å². The molecular formula is C34H67O6P. The van der Waals surface area contributed by atoms with Crippen LogP contribution >= 0.6 is 7.82 Å². The maximum absolute atomic E-state index is 12.8. The molecule has 0 aliphatic heterocycles. The fourth-order valence-corrected chi connectivity index (χ4v) is 5.99. The monoisotopic (exact) mass is 602 g/mol. The summed E-state index contributed by atoms with van der Waals surface area (Å²) in [4.78, 5) is 43.3. The molecule has 7 heteroatoms. The van der Waals surface area contributed by atoms with Crippen LogP contribution < -0.4 is 0 Å². The minimum atomic E-state index is -4.95. The standard InChI is InChI=1S/C34H67O6P/c1-3-5-7-9-11-13-15-17-19-20-22-24-26-28-30-32(34(36)40-41(37,38)39)33(35)31-29-27-25-23-21-18-16-14-12-10-8-6-4-2/h32H,3-31H2,1-2H3,(H2,37,38,39). The van der Waals surface area contributed by atoms with Gasteiger partial charge in [0.15, 0.2) is 0 Å². The van der Waals surface area contributed by atoms with E-state index in [0.717, 1.165) is 32.1 Å². The Kier molecular flexibility index (Phi) is 28.9. The molecule has 244 valence electrons. The molecule has 1 unspecified atom stereocenters. The van der Waals surface area contributed by atoms with Gasteiger partial charge in [0.1, 0.15) is 11.7 Å². The minimum absolute atomic E-state index is 0.235. The number of Topliss-reactive ketones (excluding diaryl/α,β-unsaturated/α-hetero) is 1. The summed E-state index contributed by atoms with van der Waals surface area (Å²) in [7, 11) is -4.95. The molecule has 0 saturated carbocycles. The van der Waals surface area contributed by atoms with Crippen molar-refractivity contribution in [3.05, 3.63) is 0 Å². The van der Waals surface area contributed by atoms with Gasteiger partial charge in [-0.2, -0.15) is 0 Å². The normalized spacial score (nSPS) is 12.5. The molecule has 0 radical (unpaired) electrons. The van der Waals surface area contributed by atoms with Gasteiger partial charge in [0.05, 0.1) is 0 Å². The van der Waals surface area contributed by atoms with E-state index in [2.05, 4.69) is 18.4 Å². The number of rotatable bonds is 32. The highest BCUT2D eigenvalue weighted by Crippen LogP contribution is 2.37. The van der Waals surface area contributed by atoms with Crippen molar-refractivity contribution in [2.75, 3.05) is 0 Å². The summed E-state index contributed by atoms with van der Waals surface area (Å²) in [6.45, 7) is 4.50. The fourth-order valence-electron chi connectivity index (χ4n) is 5.63. The van der Waals surface area contributed by atoms with E-state index in [1.807, 2.05) is 0 Å². The second-order valence-electron chi connectivity index (χ2n) is 12.3. The largest absolute Gasteiger partial charge is 0.527 e. The predicted octanol–water partition coefficient (Wildman–Crippen LogP) is 11.2. The smallest absolute Gasteiger partial charge is 0.370 e. The molecule has 0 aliphatic rings. The number of hydrogen-bond acceptors (Lipinski definition) is 4. The van der Waals surface area contributed by atoms with Crippen LogP contribution in [0.5, 0.6) is 0 Å². The fraction of sp³-hybridized carbons (Fsp3) is 0.941. The van der Waals surface area contributed by atoms with Crippen molar-refractivity contribution >= 4 is 19.6 Å². The van der Waals surface area contributed by atoms with E-state index in [-0.39, 0.29) is 12.2 Å². The molecule has 41 heavy (non-hydrogen) atoms. The second-order valence-corrected chi connectivity index (χ2v) is 13.5. The Labute approximate surface area is 253 Å². The first-order chi connectivity index (χ1) is 19.8. The van der Waals surface area contributed by atoms with Crippen LogP contribution in [0.15, 0.2) is 0 Å². The zero-order valence-corrected chi connectivity index (χ0v) is 28.0. The van der Waals surface area contributed by atoms with Crippen molar-refractivity contribution in [3.8, 4) is 0 Å². The van der Waals surface area contributed by atoms with Crippen LogP contribution in [0.3, 0.4) is 0 Å². The maximum Gasteiger partial charge on any atom is 0.527 e. The number of unbranched alkanes of at least 4 members (excludes halogenated alkanes) is 25. The first-order valence-corrected chi connectivity index (χ1v) is 19.2. The summed E-state index contributed by atoms with van der Waals surface area (Å²) < 4.78 is 15.5. The van der Waals surface area contributed by atoms with E-state index < -0.39 is 19.7 Å². The first kappa shape index (κ1) is 40.3. The average Bonchev–Trinajstić information content (AvgIpc) is 2.92. The van der Waals surface area contributed by atoms with Crippen molar-refractivity contribution in [3.63, 3.8) is 0 Å². The topological polar surface area (TPSA) is 101 Å². The Morgan fingerprint density at radius 1 is 0.512 bits per heavy atom. The molecule has 0 fully saturated rings. The van der Waals surface area contributed by atoms with Crippen LogP contribution in [0.25, 0.3) is 0 Å². The summed E-state index contributed by atoms with van der Waals surface area (Å²) in [5.74, 6) is -2.36. The zero-order valence-electron chi connectivity index (χ0n) is 27.1. The molecule has 0 aromatic carbocycles. The lowest BCUT2D eigenvalue weighted by atomic mass is 9.93. The van der Waals surface area contributed by atoms with E-state index in [4.69, 9.17) is 9.79 Å². The second kappa shape index (κ2) is 29.4. The lowest BCUT2D eigenvalue weighted by Gasteiger charge is -2.15. The molecule has 0 amide bonds. The lowest BCUT2D eigenvalue weighted by molar-refractivity contribution is -0.145. The van der Waals surface area contributed by atoms with Crippen LogP contribution in [-0.2, 0) is 18.7 Å². The molecule has 0 spiro atoms. The van der Waals surface area contributed by atoms with Crippen LogP contribution in [0, 0.1) is 5.92 Å². The Balaban J connectivity index is 4.00. The van der Waals surface area contributed by atoms with Crippen molar-refractivity contribution in [2.24, 2.45) is 5.92 Å². The van der Waals surface area contributed by atoms with E-state index >= 15 is 0 Å². The van der Waals surface area contributed by atoms with Crippen molar-refractivity contribution in [2.45, 2.75) is 200 Å². The van der Waals surface area contributed by atoms with E-state index in [0.29, 0.717) is 19.3 Å². The van der Waals surface area contributed by atoms with E-state index in [1.165, 1.54) is 128 Å². The van der Waals surface area contributed by atoms with Gasteiger partial charge in [-0.05, 0) is 12.8 Å². The van der Waals surface area contributed by atoms with Crippen molar-refractivity contribution in [1.29, 1.82) is 0 Å². The van der Waals surface area contributed by atoms with Crippen molar-refractivity contribution < 1.29 is 28.5 Å². The number of phosphoric acid groups is 1. The highest BCUT2D eigenvalue weighted by atomic mass is 31.2. The first-order valence-electron chi connectivity index (χ1n) is 17.6. The Morgan fingerprint density at radius 2 is 0.805 bits per heavy atom. The van der Waals surface area contributed by atoms with Crippen molar-refractivity contribution in [1.82, 2.24) is 0 Å². The SMILES string of the molecule is CCCCCCCCCCCCCCCCC(C(=O)CCCCCCCCCCCCCCC)C(=O)OP(=O)(O)O. The minimum Gasteiger partial charge on any atom is -0.370 e. The van der Waals surface area contributed by atoms with Gasteiger partial charge in [-0.25, -0.2) is 4.57 Å². The summed E-state index contributed by atoms with van der Waals surface area (Å²) in [5.41, 5.74) is 0. The van der Waals surface area contributed by atoms with Gasteiger partial charge in [0.2, 0.25) is 0 Å². The summed E-state index contributed by atoms with van der Waals surface area (Å²) in [5, 5.41) is 0. The third-order valence-corrected chi connectivity index (χ3v) is 8.67. The number of carbonyl (C=O) groups excluding carboxylic acids is 2. The van der Waals surface area contributed by atoms with Crippen LogP contribution in [0.4, 0.5) is 0 Å². The maximum atomic E-state index is 12.8. The van der Waals surface area contributed by atoms with Gasteiger partial charge in [0, 0.05) is 6.42 Å². The molecule has 0 bridgehead atoms. The Hall–Kier alpha value is -0.710. The third-order valence-electron chi connectivity index (χ3n) is 8.26. The van der Waals surface area contributed by atoms with Crippen LogP contribution in [-0.4, -0.2) is 21.5 Å². The van der Waals surface area contributed by atoms with E-state index in [1.54, 1.807) is 0 Å². The van der Waals surface area contributed by atoms with Gasteiger partial charge >= 0.3 is 13.8 Å². The van der Waals surface area contributed by atoms with Gasteiger partial charge < -0.3 is 4.52 Å². The molecule has 2 N–H and O–H groups in total. The number of carbonyl (C=O) groups is 2. The predicted molar refractivity (Wildman–Crippen MR) is 172 cm³/mol. The number of phosphoric ester groups is 1. The zero-order chi connectivity index (χ0) is 30.4. The average molecular weight is 603 g/mol. The lowest BCUT2D eigenvalue weighted by Crippen LogP contribution is -2.25. The summed E-state index contributed by atoms with van der Waals surface area (Å²) >= 11 is 0. The van der Waals surface area contributed by atoms with Crippen LogP contribution in [0.2, 0.25) is 0 Å². The highest BCUT2D eigenvalue weighted by molar-refractivity contribution is 7.46. The van der Waals surface area contributed by atoms with E-state index in [9.17, 15) is 14.2 Å². The van der Waals surface area contributed by atoms with Gasteiger partial charge in [-0.15, -0.1) is 0 Å². The number of hydrogen-bond donors (Lipinski definition) is 2. The highest BCUT2D eigenvalue weighted by Gasteiger charge is 2.32. The molecular weight excluding hydrogens is 535 g/mol. The van der Waals surface area contributed by atoms with Gasteiger partial charge in [-0.3, -0.25) is 19.4 Å². The molecule has 0 saturated heterocycles. The van der Waals surface area contributed by atoms with Gasteiger partial charge in [0.25, 0.3) is 0 Å². The molecule has 0 rings (SSSR count). The molecule has 0 heterocycles. The summed E-state index contributed by atoms with van der Waals surface area (Å²) in [6.07, 6.45) is 33.5. The molecule has 0 aliphatic carbocycles. The third kappa shape index (κ3) is 29.2. The number of ketones is 1.